The number of halogens is 3. The molecule has 1 saturated heterocycles. The van der Waals surface area contributed by atoms with Crippen molar-refractivity contribution in [1.29, 1.82) is 0 Å². The highest BCUT2D eigenvalue weighted by atomic mass is 19.2. The molecular weight excluding hydrogens is 513 g/mol. The van der Waals surface area contributed by atoms with Gasteiger partial charge in [0.15, 0.2) is 17.9 Å². The monoisotopic (exact) mass is 554 g/mol. The first-order valence-electron chi connectivity index (χ1n) is 14.8. The molecule has 0 spiro atoms. The highest BCUT2D eigenvalue weighted by Crippen LogP contribution is 2.34. The zero-order valence-corrected chi connectivity index (χ0v) is 23.7. The van der Waals surface area contributed by atoms with Crippen LogP contribution in [0.2, 0.25) is 0 Å². The lowest BCUT2D eigenvalue weighted by Crippen LogP contribution is -2.27. The molecule has 3 aromatic rings. The van der Waals surface area contributed by atoms with Gasteiger partial charge in [0.1, 0.15) is 5.82 Å². The van der Waals surface area contributed by atoms with Crippen LogP contribution in [0, 0.1) is 23.4 Å². The number of hydrogen-bond acceptors (Lipinski definition) is 3. The van der Waals surface area contributed by atoms with Gasteiger partial charge in [0, 0.05) is 17.0 Å². The van der Waals surface area contributed by atoms with Gasteiger partial charge in [-0.2, -0.15) is 4.39 Å². The highest BCUT2D eigenvalue weighted by molar-refractivity contribution is 5.71. The van der Waals surface area contributed by atoms with Gasteiger partial charge < -0.3 is 14.2 Å². The Kier molecular flexibility index (Phi) is 11.5. The highest BCUT2D eigenvalue weighted by Gasteiger charge is 2.25. The zero-order chi connectivity index (χ0) is 28.3. The average Bonchev–Trinajstić information content (AvgIpc) is 2.98. The fourth-order valence-electron chi connectivity index (χ4n) is 5.07. The van der Waals surface area contributed by atoms with Crippen molar-refractivity contribution in [2.45, 2.75) is 77.9 Å². The fourth-order valence-corrected chi connectivity index (χ4v) is 5.07. The van der Waals surface area contributed by atoms with E-state index in [1.165, 1.54) is 37.5 Å². The molecule has 0 aromatic heterocycles. The summed E-state index contributed by atoms with van der Waals surface area (Å²) < 4.78 is 61.8. The molecule has 0 saturated carbocycles. The Morgan fingerprint density at radius 1 is 0.700 bits per heavy atom. The summed E-state index contributed by atoms with van der Waals surface area (Å²) in [5.74, 6) is -2.03. The topological polar surface area (TPSA) is 27.7 Å². The molecular formula is C34H41F3O3. The fraction of sp³-hybridized carbons (Fsp3) is 0.471. The molecule has 40 heavy (non-hydrogen) atoms. The molecule has 0 atom stereocenters. The number of ether oxygens (including phenoxy) is 3. The summed E-state index contributed by atoms with van der Waals surface area (Å²) in [6.07, 6.45) is 9.14. The Morgan fingerprint density at radius 2 is 1.35 bits per heavy atom. The Hall–Kier alpha value is -2.83. The standard InChI is InChI=1S/C34H41F3O3/c1-3-5-7-8-10-20-38-31-19-18-28(32(36)33(31)37)26-14-12-25(13-15-26)27-16-17-29(30(35)21-27)34-39-22-24(23-40-34)11-9-6-4-2/h12-19,21,24,34H,3-11,20,22-23H2,1-2H3. The van der Waals surface area contributed by atoms with Crippen molar-refractivity contribution >= 4 is 0 Å². The maximum atomic E-state index is 15.0. The summed E-state index contributed by atoms with van der Waals surface area (Å²) in [6, 6.07) is 14.9. The van der Waals surface area contributed by atoms with Crippen LogP contribution < -0.4 is 4.74 Å². The first kappa shape index (κ1) is 30.1. The Labute approximate surface area is 236 Å². The van der Waals surface area contributed by atoms with Gasteiger partial charge in [0.05, 0.1) is 19.8 Å². The van der Waals surface area contributed by atoms with Crippen molar-refractivity contribution in [3.8, 4) is 28.0 Å². The van der Waals surface area contributed by atoms with E-state index in [4.69, 9.17) is 14.2 Å². The molecule has 1 aliphatic heterocycles. The van der Waals surface area contributed by atoms with Crippen molar-refractivity contribution < 1.29 is 27.4 Å². The lowest BCUT2D eigenvalue weighted by molar-refractivity contribution is -0.207. The maximum absolute atomic E-state index is 15.0. The number of benzene rings is 3. The predicted octanol–water partition coefficient (Wildman–Crippen LogP) is 10.0. The van der Waals surface area contributed by atoms with Gasteiger partial charge in [-0.1, -0.05) is 95.2 Å². The van der Waals surface area contributed by atoms with E-state index >= 15 is 4.39 Å². The van der Waals surface area contributed by atoms with Gasteiger partial charge in [0.25, 0.3) is 0 Å². The molecule has 1 aliphatic rings. The van der Waals surface area contributed by atoms with Crippen LogP contribution >= 0.6 is 0 Å². The first-order valence-corrected chi connectivity index (χ1v) is 14.8. The van der Waals surface area contributed by atoms with Gasteiger partial charge in [-0.05, 0) is 47.7 Å². The lowest BCUT2D eigenvalue weighted by atomic mass is 9.98. The van der Waals surface area contributed by atoms with E-state index in [2.05, 4.69) is 13.8 Å². The van der Waals surface area contributed by atoms with Crippen LogP contribution in [-0.2, 0) is 9.47 Å². The van der Waals surface area contributed by atoms with Gasteiger partial charge in [-0.15, -0.1) is 0 Å². The Bertz CT molecular complexity index is 1200. The quantitative estimate of drug-likeness (QED) is 0.186. The third-order valence-corrected chi connectivity index (χ3v) is 7.52. The molecule has 216 valence electrons. The number of unbranched alkanes of at least 4 members (excludes halogenated alkanes) is 6. The van der Waals surface area contributed by atoms with Crippen molar-refractivity contribution in [1.82, 2.24) is 0 Å². The van der Waals surface area contributed by atoms with Crippen LogP contribution in [0.3, 0.4) is 0 Å². The van der Waals surface area contributed by atoms with E-state index in [1.54, 1.807) is 30.3 Å². The molecule has 0 aliphatic carbocycles. The van der Waals surface area contributed by atoms with Crippen LogP contribution in [0.25, 0.3) is 22.3 Å². The van der Waals surface area contributed by atoms with E-state index in [1.807, 2.05) is 6.07 Å². The van der Waals surface area contributed by atoms with Crippen molar-refractivity contribution in [3.63, 3.8) is 0 Å². The van der Waals surface area contributed by atoms with E-state index < -0.39 is 23.7 Å². The van der Waals surface area contributed by atoms with Crippen molar-refractivity contribution in [2.24, 2.45) is 5.92 Å². The minimum absolute atomic E-state index is 0.0677. The van der Waals surface area contributed by atoms with Crippen LogP contribution in [0.5, 0.6) is 5.75 Å². The van der Waals surface area contributed by atoms with Crippen molar-refractivity contribution in [3.05, 3.63) is 77.6 Å². The molecule has 0 unspecified atom stereocenters. The van der Waals surface area contributed by atoms with E-state index in [-0.39, 0.29) is 11.3 Å². The SMILES string of the molecule is CCCCCCCOc1ccc(-c2ccc(-c3ccc(C4OCC(CCCCC)CO4)c(F)c3)cc2)c(F)c1F. The van der Waals surface area contributed by atoms with Gasteiger partial charge in [-0.3, -0.25) is 0 Å². The van der Waals surface area contributed by atoms with Crippen LogP contribution in [0.15, 0.2) is 54.6 Å². The second-order valence-electron chi connectivity index (χ2n) is 10.7. The van der Waals surface area contributed by atoms with Gasteiger partial charge in [0.2, 0.25) is 5.82 Å². The van der Waals surface area contributed by atoms with Crippen LogP contribution in [0.1, 0.15) is 83.5 Å². The summed E-state index contributed by atoms with van der Waals surface area (Å²) in [5.41, 5.74) is 2.50. The van der Waals surface area contributed by atoms with Gasteiger partial charge >= 0.3 is 0 Å². The zero-order valence-electron chi connectivity index (χ0n) is 23.7. The summed E-state index contributed by atoms with van der Waals surface area (Å²) in [6.45, 7) is 5.83. The molecule has 0 N–H and O–H groups in total. The van der Waals surface area contributed by atoms with Crippen LogP contribution in [-0.4, -0.2) is 19.8 Å². The Balaban J connectivity index is 1.37. The second kappa shape index (κ2) is 15.2. The lowest BCUT2D eigenvalue weighted by Gasteiger charge is -2.30. The first-order chi connectivity index (χ1) is 19.5. The van der Waals surface area contributed by atoms with Gasteiger partial charge in [-0.25, -0.2) is 8.78 Å². The largest absolute Gasteiger partial charge is 0.490 e. The summed E-state index contributed by atoms with van der Waals surface area (Å²) >= 11 is 0. The van der Waals surface area contributed by atoms with E-state index in [0.29, 0.717) is 42.4 Å². The molecule has 1 fully saturated rings. The third kappa shape index (κ3) is 7.88. The molecule has 4 rings (SSSR count). The second-order valence-corrected chi connectivity index (χ2v) is 10.7. The molecule has 1 heterocycles. The molecule has 0 amide bonds. The van der Waals surface area contributed by atoms with E-state index in [9.17, 15) is 8.78 Å². The maximum Gasteiger partial charge on any atom is 0.201 e. The molecule has 0 radical (unpaired) electrons. The predicted molar refractivity (Wildman–Crippen MR) is 154 cm³/mol. The Morgan fingerprint density at radius 3 is 2.05 bits per heavy atom. The minimum Gasteiger partial charge on any atom is -0.490 e. The summed E-state index contributed by atoms with van der Waals surface area (Å²) in [7, 11) is 0. The molecule has 0 bridgehead atoms. The van der Waals surface area contributed by atoms with Crippen molar-refractivity contribution in [2.75, 3.05) is 19.8 Å². The molecule has 3 aromatic carbocycles. The minimum atomic E-state index is -0.979. The number of rotatable bonds is 14. The summed E-state index contributed by atoms with van der Waals surface area (Å²) in [4.78, 5) is 0. The average molecular weight is 555 g/mol. The third-order valence-electron chi connectivity index (χ3n) is 7.52. The molecule has 3 nitrogen and oxygen atoms in total. The van der Waals surface area contributed by atoms with E-state index in [0.717, 1.165) is 44.1 Å². The molecule has 6 heteroatoms. The normalized spacial score (nSPS) is 17.2. The summed E-state index contributed by atoms with van der Waals surface area (Å²) in [5, 5.41) is 0. The van der Waals surface area contributed by atoms with Crippen LogP contribution in [0.4, 0.5) is 13.2 Å². The smallest absolute Gasteiger partial charge is 0.201 e. The number of hydrogen-bond donors (Lipinski definition) is 0.